The predicted molar refractivity (Wildman–Crippen MR) is 144 cm³/mol. The number of benzene rings is 1. The fraction of sp³-hybridized carbons (Fsp3) is 0.464. The Hall–Kier alpha value is -3.75. The van der Waals surface area contributed by atoms with Crippen LogP contribution in [0.4, 0.5) is 5.69 Å². The number of rotatable bonds is 10. The van der Waals surface area contributed by atoms with Gasteiger partial charge < -0.3 is 30.2 Å². The molecule has 1 unspecified atom stereocenters. The van der Waals surface area contributed by atoms with Gasteiger partial charge in [-0.2, -0.15) is 0 Å². The Morgan fingerprint density at radius 1 is 1.05 bits per heavy atom. The van der Waals surface area contributed by atoms with Gasteiger partial charge in [0.1, 0.15) is 0 Å². The molecular formula is C28H37N3O6. The summed E-state index contributed by atoms with van der Waals surface area (Å²) in [6.07, 6.45) is 2.07. The van der Waals surface area contributed by atoms with E-state index in [1.165, 1.54) is 13.0 Å². The SMILES string of the molecule is COc1cc2c(c(OC)c1OC)-c1ccc(NCC(=O)NCCC(C)C)c(=O)cc1C(NC(C)=O)CC2. The van der Waals surface area contributed by atoms with Crippen LogP contribution in [-0.2, 0) is 16.0 Å². The van der Waals surface area contributed by atoms with Crippen molar-refractivity contribution in [2.24, 2.45) is 5.92 Å². The summed E-state index contributed by atoms with van der Waals surface area (Å²) < 4.78 is 17.0. The van der Waals surface area contributed by atoms with Crippen LogP contribution < -0.4 is 35.6 Å². The molecule has 37 heavy (non-hydrogen) atoms. The number of carbonyl (C=O) groups is 2. The quantitative estimate of drug-likeness (QED) is 0.448. The van der Waals surface area contributed by atoms with Crippen molar-refractivity contribution in [2.45, 2.75) is 46.1 Å². The second-order valence-electron chi connectivity index (χ2n) is 9.48. The molecule has 1 aliphatic rings. The molecule has 0 aromatic heterocycles. The highest BCUT2D eigenvalue weighted by atomic mass is 16.5. The van der Waals surface area contributed by atoms with E-state index in [1.807, 2.05) is 12.1 Å². The van der Waals surface area contributed by atoms with Crippen LogP contribution in [0.5, 0.6) is 17.2 Å². The number of amides is 2. The fourth-order valence-electron chi connectivity index (χ4n) is 4.59. The molecule has 0 aliphatic heterocycles. The molecule has 1 atom stereocenters. The zero-order valence-electron chi connectivity index (χ0n) is 22.4. The number of nitrogens with one attached hydrogen (secondary N) is 3. The molecule has 0 fully saturated rings. The summed E-state index contributed by atoms with van der Waals surface area (Å²) in [5.41, 5.74) is 3.12. The predicted octanol–water partition coefficient (Wildman–Crippen LogP) is 3.44. The first-order valence-corrected chi connectivity index (χ1v) is 12.5. The Kier molecular flexibility index (Phi) is 9.38. The third-order valence-electron chi connectivity index (χ3n) is 6.40. The summed E-state index contributed by atoms with van der Waals surface area (Å²) in [6, 6.07) is 6.53. The van der Waals surface area contributed by atoms with E-state index < -0.39 is 6.04 Å². The lowest BCUT2D eigenvalue weighted by Crippen LogP contribution is -2.32. The van der Waals surface area contributed by atoms with E-state index in [0.717, 1.165) is 23.1 Å². The highest BCUT2D eigenvalue weighted by molar-refractivity contribution is 5.84. The first kappa shape index (κ1) is 27.8. The normalized spacial score (nSPS) is 14.1. The van der Waals surface area contributed by atoms with Crippen molar-refractivity contribution in [3.05, 3.63) is 45.6 Å². The third-order valence-corrected chi connectivity index (χ3v) is 6.40. The maximum atomic E-state index is 13.3. The van der Waals surface area contributed by atoms with E-state index in [0.29, 0.717) is 48.1 Å². The number of carbonyl (C=O) groups excluding carboxylic acids is 2. The van der Waals surface area contributed by atoms with Gasteiger partial charge in [0, 0.05) is 19.0 Å². The molecule has 0 radical (unpaired) electrons. The van der Waals surface area contributed by atoms with Crippen LogP contribution in [0, 0.1) is 5.92 Å². The summed E-state index contributed by atoms with van der Waals surface area (Å²) in [5, 5.41) is 8.82. The summed E-state index contributed by atoms with van der Waals surface area (Å²) in [5.74, 6) is 1.57. The minimum Gasteiger partial charge on any atom is -0.493 e. The molecule has 9 nitrogen and oxygen atoms in total. The standard InChI is InChI=1S/C28H37N3O6/c1-16(2)11-12-29-25(34)15-30-22-10-8-19-20(14-23(22)33)21(31-17(3)32)9-7-18-13-24(35-4)27(36-5)28(37-6)26(18)19/h8,10,13-14,16,21H,7,9,11-12,15H2,1-6H3,(H,29,34)(H,30,33)(H,31,32). The highest BCUT2D eigenvalue weighted by Crippen LogP contribution is 2.50. The van der Waals surface area contributed by atoms with Gasteiger partial charge in [0.2, 0.25) is 23.0 Å². The number of aryl methyl sites for hydroxylation is 1. The van der Waals surface area contributed by atoms with Gasteiger partial charge in [-0.05, 0) is 60.1 Å². The van der Waals surface area contributed by atoms with E-state index >= 15 is 0 Å². The average molecular weight is 512 g/mol. The first-order valence-electron chi connectivity index (χ1n) is 12.5. The molecule has 1 aliphatic carbocycles. The average Bonchev–Trinajstić information content (AvgIpc) is 3.09. The number of hydrogen-bond acceptors (Lipinski definition) is 7. The third kappa shape index (κ3) is 6.53. The Morgan fingerprint density at radius 3 is 2.41 bits per heavy atom. The minimum absolute atomic E-state index is 0.0257. The van der Waals surface area contributed by atoms with E-state index in [1.54, 1.807) is 27.4 Å². The molecule has 0 heterocycles. The van der Waals surface area contributed by atoms with Crippen molar-refractivity contribution in [1.29, 1.82) is 0 Å². The summed E-state index contributed by atoms with van der Waals surface area (Å²) in [7, 11) is 4.66. The van der Waals surface area contributed by atoms with E-state index in [-0.39, 0.29) is 29.5 Å². The van der Waals surface area contributed by atoms with E-state index in [9.17, 15) is 14.4 Å². The molecular weight excluding hydrogens is 474 g/mol. The molecule has 2 aromatic rings. The lowest BCUT2D eigenvalue weighted by atomic mass is 9.95. The monoisotopic (exact) mass is 511 g/mol. The first-order chi connectivity index (χ1) is 17.7. The molecule has 3 rings (SSSR count). The van der Waals surface area contributed by atoms with Crippen LogP contribution >= 0.6 is 0 Å². The van der Waals surface area contributed by atoms with Crippen molar-refractivity contribution >= 4 is 17.5 Å². The largest absolute Gasteiger partial charge is 0.493 e. The lowest BCUT2D eigenvalue weighted by molar-refractivity contribution is -0.120. The van der Waals surface area contributed by atoms with Gasteiger partial charge in [-0.15, -0.1) is 0 Å². The zero-order valence-corrected chi connectivity index (χ0v) is 22.4. The molecule has 0 saturated carbocycles. The van der Waals surface area contributed by atoms with Crippen LogP contribution in [0.2, 0.25) is 0 Å². The number of hydrogen-bond donors (Lipinski definition) is 3. The van der Waals surface area contributed by atoms with Gasteiger partial charge in [-0.3, -0.25) is 14.4 Å². The van der Waals surface area contributed by atoms with Gasteiger partial charge in [0.15, 0.2) is 11.5 Å². The summed E-state index contributed by atoms with van der Waals surface area (Å²) in [6.45, 7) is 6.20. The van der Waals surface area contributed by atoms with Gasteiger partial charge >= 0.3 is 0 Å². The van der Waals surface area contributed by atoms with Crippen LogP contribution in [0.15, 0.2) is 29.1 Å². The van der Waals surface area contributed by atoms with Gasteiger partial charge in [0.25, 0.3) is 0 Å². The number of anilines is 1. The zero-order chi connectivity index (χ0) is 27.1. The van der Waals surface area contributed by atoms with Crippen LogP contribution in [0.25, 0.3) is 11.1 Å². The molecule has 2 aromatic carbocycles. The number of fused-ring (bicyclic) bond motifs is 3. The Morgan fingerprint density at radius 2 is 1.78 bits per heavy atom. The second kappa shape index (κ2) is 12.5. The van der Waals surface area contributed by atoms with Crippen molar-refractivity contribution in [2.75, 3.05) is 39.7 Å². The highest BCUT2D eigenvalue weighted by Gasteiger charge is 2.29. The Balaban J connectivity index is 2.10. The topological polar surface area (TPSA) is 115 Å². The van der Waals surface area contributed by atoms with E-state index in [4.69, 9.17) is 14.2 Å². The van der Waals surface area contributed by atoms with Crippen LogP contribution in [-0.4, -0.2) is 46.2 Å². The van der Waals surface area contributed by atoms with Crippen molar-refractivity contribution in [3.8, 4) is 28.4 Å². The fourth-order valence-corrected chi connectivity index (χ4v) is 4.59. The molecule has 0 spiro atoms. The molecule has 0 saturated heterocycles. The van der Waals surface area contributed by atoms with Gasteiger partial charge in [-0.1, -0.05) is 19.9 Å². The maximum Gasteiger partial charge on any atom is 0.239 e. The maximum absolute atomic E-state index is 13.3. The lowest BCUT2D eigenvalue weighted by Gasteiger charge is -2.19. The Labute approximate surface area is 217 Å². The van der Waals surface area contributed by atoms with Crippen molar-refractivity contribution in [1.82, 2.24) is 10.6 Å². The Bertz CT molecular complexity index is 1210. The van der Waals surface area contributed by atoms with Crippen LogP contribution in [0.1, 0.15) is 50.8 Å². The second-order valence-corrected chi connectivity index (χ2v) is 9.48. The molecule has 0 bridgehead atoms. The summed E-state index contributed by atoms with van der Waals surface area (Å²) in [4.78, 5) is 37.6. The van der Waals surface area contributed by atoms with E-state index in [2.05, 4.69) is 29.8 Å². The minimum atomic E-state index is -0.395. The van der Waals surface area contributed by atoms with Gasteiger partial charge in [0.05, 0.1) is 39.6 Å². The number of methoxy groups -OCH3 is 3. The summed E-state index contributed by atoms with van der Waals surface area (Å²) >= 11 is 0. The molecule has 3 N–H and O–H groups in total. The number of ether oxygens (including phenoxy) is 3. The molecule has 9 heteroatoms. The van der Waals surface area contributed by atoms with Crippen molar-refractivity contribution < 1.29 is 23.8 Å². The van der Waals surface area contributed by atoms with Crippen molar-refractivity contribution in [3.63, 3.8) is 0 Å². The van der Waals surface area contributed by atoms with Crippen LogP contribution in [0.3, 0.4) is 0 Å². The molecule has 2 amide bonds. The smallest absolute Gasteiger partial charge is 0.239 e. The molecule has 200 valence electrons. The van der Waals surface area contributed by atoms with Gasteiger partial charge in [-0.25, -0.2) is 0 Å².